The van der Waals surface area contributed by atoms with E-state index in [1.165, 1.54) is 25.1 Å². The summed E-state index contributed by atoms with van der Waals surface area (Å²) in [6.07, 6.45) is -2.04. The van der Waals surface area contributed by atoms with Gasteiger partial charge in [0, 0.05) is 24.8 Å². The van der Waals surface area contributed by atoms with Gasteiger partial charge in [0.15, 0.2) is 5.12 Å². The summed E-state index contributed by atoms with van der Waals surface area (Å²) in [7, 11) is 0. The molecule has 0 saturated heterocycles. The van der Waals surface area contributed by atoms with Crippen molar-refractivity contribution in [2.24, 2.45) is 0 Å². The lowest BCUT2D eigenvalue weighted by atomic mass is 9.97. The van der Waals surface area contributed by atoms with E-state index in [9.17, 15) is 25.1 Å². The molecule has 2 N–H and O–H groups in total. The summed E-state index contributed by atoms with van der Waals surface area (Å²) in [5.74, 6) is 0.390. The largest absolute Gasteiger partial charge is 0.390 e. The fourth-order valence-corrected chi connectivity index (χ4v) is 2.40. The third-order valence-electron chi connectivity index (χ3n) is 2.88. The zero-order valence-corrected chi connectivity index (χ0v) is 12.1. The molecule has 0 saturated carbocycles. The Balaban J connectivity index is 2.79. The number of non-ortho nitro benzene ring substituents is 1. The van der Waals surface area contributed by atoms with Gasteiger partial charge in [0.05, 0.1) is 11.0 Å². The molecule has 0 heterocycles. The molecule has 0 bridgehead atoms. The van der Waals surface area contributed by atoms with Crippen LogP contribution in [0.25, 0.3) is 0 Å². The van der Waals surface area contributed by atoms with Crippen molar-refractivity contribution < 1.29 is 19.9 Å². The Morgan fingerprint density at radius 3 is 2.65 bits per heavy atom. The first-order chi connectivity index (χ1) is 9.32. The third kappa shape index (κ3) is 4.59. The predicted octanol–water partition coefficient (Wildman–Crippen LogP) is 1.97. The maximum Gasteiger partial charge on any atom is 0.269 e. The van der Waals surface area contributed by atoms with Crippen LogP contribution in [0.4, 0.5) is 5.69 Å². The van der Waals surface area contributed by atoms with E-state index < -0.39 is 17.1 Å². The average Bonchev–Trinajstić information content (AvgIpc) is 2.37. The lowest BCUT2D eigenvalue weighted by Gasteiger charge is -2.19. The van der Waals surface area contributed by atoms with Crippen molar-refractivity contribution in [3.05, 3.63) is 39.4 Å². The van der Waals surface area contributed by atoms with E-state index in [0.29, 0.717) is 16.9 Å². The normalized spacial score (nSPS) is 13.8. The van der Waals surface area contributed by atoms with Gasteiger partial charge in [-0.15, -0.1) is 0 Å². The average molecular weight is 299 g/mol. The number of nitro groups is 1. The van der Waals surface area contributed by atoms with Gasteiger partial charge in [-0.2, -0.15) is 0 Å². The quantitative estimate of drug-likeness (QED) is 0.615. The highest BCUT2D eigenvalue weighted by molar-refractivity contribution is 8.13. The van der Waals surface area contributed by atoms with Crippen molar-refractivity contribution in [2.75, 3.05) is 5.75 Å². The summed E-state index contributed by atoms with van der Waals surface area (Å²) in [6.45, 7) is 3.14. The Bertz CT molecular complexity index is 506. The minimum absolute atomic E-state index is 0.0572. The zero-order chi connectivity index (χ0) is 15.3. The van der Waals surface area contributed by atoms with Gasteiger partial charge in [0.1, 0.15) is 6.10 Å². The van der Waals surface area contributed by atoms with Crippen molar-refractivity contribution in [1.82, 2.24) is 0 Å². The molecule has 20 heavy (non-hydrogen) atoms. The molecule has 0 spiro atoms. The van der Waals surface area contributed by atoms with E-state index in [1.54, 1.807) is 6.92 Å². The maximum absolute atomic E-state index is 10.8. The first kappa shape index (κ1) is 16.6. The molecule has 1 aromatic rings. The number of carbonyl (C=O) groups is 1. The second-order valence-corrected chi connectivity index (χ2v) is 5.71. The molecular weight excluding hydrogens is 282 g/mol. The molecule has 0 aliphatic heterocycles. The number of nitro benzene ring substituents is 1. The van der Waals surface area contributed by atoms with Gasteiger partial charge in [-0.05, 0) is 24.5 Å². The molecule has 1 aromatic carbocycles. The second-order valence-electron chi connectivity index (χ2n) is 4.44. The summed E-state index contributed by atoms with van der Waals surface area (Å²) < 4.78 is 0. The van der Waals surface area contributed by atoms with E-state index in [2.05, 4.69) is 0 Å². The van der Waals surface area contributed by atoms with Crippen LogP contribution >= 0.6 is 11.8 Å². The number of thioether (sulfide) groups is 1. The predicted molar refractivity (Wildman–Crippen MR) is 76.6 cm³/mol. The number of aliphatic hydroxyl groups excluding tert-OH is 2. The summed E-state index contributed by atoms with van der Waals surface area (Å²) >= 11 is 1.07. The molecule has 0 radical (unpaired) electrons. The van der Waals surface area contributed by atoms with Gasteiger partial charge in [0.25, 0.3) is 5.69 Å². The van der Waals surface area contributed by atoms with Crippen molar-refractivity contribution in [2.45, 2.75) is 32.5 Å². The maximum atomic E-state index is 10.8. The monoisotopic (exact) mass is 299 g/mol. The first-order valence-electron chi connectivity index (χ1n) is 6.07. The number of hydrogen-bond acceptors (Lipinski definition) is 6. The van der Waals surface area contributed by atoms with Gasteiger partial charge in [-0.1, -0.05) is 17.8 Å². The summed E-state index contributed by atoms with van der Waals surface area (Å²) in [5, 5.41) is 30.6. The molecule has 2 unspecified atom stereocenters. The molecule has 2 atom stereocenters. The van der Waals surface area contributed by atoms with Crippen molar-refractivity contribution in [3.63, 3.8) is 0 Å². The van der Waals surface area contributed by atoms with E-state index >= 15 is 0 Å². The molecule has 1 rings (SSSR count). The van der Waals surface area contributed by atoms with Crippen LogP contribution in [-0.4, -0.2) is 32.1 Å². The van der Waals surface area contributed by atoms with E-state index in [-0.39, 0.29) is 17.2 Å². The van der Waals surface area contributed by atoms with Crippen LogP contribution in [-0.2, 0) is 4.79 Å². The van der Waals surface area contributed by atoms with Crippen LogP contribution < -0.4 is 0 Å². The van der Waals surface area contributed by atoms with Crippen LogP contribution in [0.15, 0.2) is 18.2 Å². The summed E-state index contributed by atoms with van der Waals surface area (Å²) in [5.41, 5.74) is 0.871. The molecule has 6 nitrogen and oxygen atoms in total. The Morgan fingerprint density at radius 2 is 2.10 bits per heavy atom. The van der Waals surface area contributed by atoms with Crippen LogP contribution in [0.2, 0.25) is 0 Å². The smallest absolute Gasteiger partial charge is 0.269 e. The molecular formula is C13H17NO5S. The number of carbonyl (C=O) groups excluding carboxylic acids is 1. The Morgan fingerprint density at radius 1 is 1.45 bits per heavy atom. The SMILES string of the molecule is CC(=O)SCCC(O)C(O)c1cc([N+](=O)[O-])ccc1C. The molecule has 0 fully saturated rings. The van der Waals surface area contributed by atoms with Crippen molar-refractivity contribution in [3.8, 4) is 0 Å². The fourth-order valence-electron chi connectivity index (χ4n) is 1.75. The van der Waals surface area contributed by atoms with E-state index in [0.717, 1.165) is 11.8 Å². The fraction of sp³-hybridized carbons (Fsp3) is 0.462. The van der Waals surface area contributed by atoms with Crippen LogP contribution in [0.1, 0.15) is 30.6 Å². The van der Waals surface area contributed by atoms with Gasteiger partial charge in [-0.3, -0.25) is 14.9 Å². The van der Waals surface area contributed by atoms with Gasteiger partial charge in [0.2, 0.25) is 0 Å². The Kier molecular flexibility index (Phi) is 6.12. The lowest BCUT2D eigenvalue weighted by Crippen LogP contribution is -2.20. The van der Waals surface area contributed by atoms with Gasteiger partial charge in [-0.25, -0.2) is 0 Å². The highest BCUT2D eigenvalue weighted by atomic mass is 32.2. The first-order valence-corrected chi connectivity index (χ1v) is 7.06. The van der Waals surface area contributed by atoms with Crippen LogP contribution in [0.5, 0.6) is 0 Å². The molecule has 7 heteroatoms. The highest BCUT2D eigenvalue weighted by Crippen LogP contribution is 2.27. The van der Waals surface area contributed by atoms with E-state index in [1.807, 2.05) is 0 Å². The number of aryl methyl sites for hydroxylation is 1. The molecule has 110 valence electrons. The van der Waals surface area contributed by atoms with Gasteiger partial charge < -0.3 is 10.2 Å². The van der Waals surface area contributed by atoms with Crippen LogP contribution in [0, 0.1) is 17.0 Å². The lowest BCUT2D eigenvalue weighted by molar-refractivity contribution is -0.385. The zero-order valence-electron chi connectivity index (χ0n) is 11.3. The minimum atomic E-state index is -1.21. The van der Waals surface area contributed by atoms with Gasteiger partial charge >= 0.3 is 0 Å². The molecule has 0 aromatic heterocycles. The Hall–Kier alpha value is -1.44. The summed E-state index contributed by atoms with van der Waals surface area (Å²) in [6, 6.07) is 4.15. The number of hydrogen-bond donors (Lipinski definition) is 2. The number of benzene rings is 1. The number of aliphatic hydroxyl groups is 2. The number of rotatable bonds is 6. The highest BCUT2D eigenvalue weighted by Gasteiger charge is 2.22. The van der Waals surface area contributed by atoms with Crippen molar-refractivity contribution >= 4 is 22.6 Å². The molecule has 0 aliphatic carbocycles. The molecule has 0 aliphatic rings. The second kappa shape index (κ2) is 7.37. The third-order valence-corrected chi connectivity index (χ3v) is 3.72. The standard InChI is InChI=1S/C13H17NO5S/c1-8-3-4-10(14(18)19)7-11(8)13(17)12(16)5-6-20-9(2)15/h3-4,7,12-13,16-17H,5-6H2,1-2H3. The van der Waals surface area contributed by atoms with Crippen molar-refractivity contribution in [1.29, 1.82) is 0 Å². The topological polar surface area (TPSA) is 101 Å². The van der Waals surface area contributed by atoms with E-state index in [4.69, 9.17) is 0 Å². The number of nitrogens with zero attached hydrogens (tertiary/aromatic N) is 1. The Labute approximate surface area is 121 Å². The minimum Gasteiger partial charge on any atom is -0.390 e. The van der Waals surface area contributed by atoms with Crippen LogP contribution in [0.3, 0.4) is 0 Å². The molecule has 0 amide bonds. The summed E-state index contributed by atoms with van der Waals surface area (Å²) in [4.78, 5) is 21.0.